The zero-order valence-corrected chi connectivity index (χ0v) is 9.68. The number of hydrogen-bond donors (Lipinski definition) is 1. The number of nitrogens with two attached hydrogens (primary N) is 1. The van der Waals surface area contributed by atoms with Crippen LogP contribution in [0.15, 0.2) is 30.5 Å². The maximum atomic E-state index is 6.14. The lowest BCUT2D eigenvalue weighted by molar-refractivity contribution is 0.972. The predicted octanol–water partition coefficient (Wildman–Crippen LogP) is 2.96. The van der Waals surface area contributed by atoms with Gasteiger partial charge >= 0.3 is 0 Å². The first-order valence-corrected chi connectivity index (χ1v) is 5.86. The molecule has 1 aromatic heterocycles. The molecule has 0 aliphatic carbocycles. The summed E-state index contributed by atoms with van der Waals surface area (Å²) in [5, 5.41) is 0.764. The molecule has 0 spiro atoms. The molecule has 0 amide bonds. The van der Waals surface area contributed by atoms with Crippen molar-refractivity contribution in [3.63, 3.8) is 0 Å². The summed E-state index contributed by atoms with van der Waals surface area (Å²) < 4.78 is 4.19. The summed E-state index contributed by atoms with van der Waals surface area (Å²) in [7, 11) is 0. The van der Waals surface area contributed by atoms with Crippen molar-refractivity contribution >= 4 is 23.1 Å². The maximum Gasteiger partial charge on any atom is 0.0597 e. The van der Waals surface area contributed by atoms with Gasteiger partial charge in [-0.05, 0) is 36.1 Å². The van der Waals surface area contributed by atoms with Gasteiger partial charge in [-0.15, -0.1) is 0 Å². The van der Waals surface area contributed by atoms with Crippen molar-refractivity contribution in [1.82, 2.24) is 4.37 Å². The van der Waals surface area contributed by atoms with Gasteiger partial charge in [0.15, 0.2) is 0 Å². The molecule has 0 atom stereocenters. The summed E-state index contributed by atoms with van der Waals surface area (Å²) in [5.41, 5.74) is 7.77. The Bertz CT molecular complexity index is 453. The van der Waals surface area contributed by atoms with Crippen molar-refractivity contribution in [2.24, 2.45) is 5.73 Å². The molecule has 0 bridgehead atoms. The minimum absolute atomic E-state index is 0.635. The average molecular weight is 239 g/mol. The van der Waals surface area contributed by atoms with Crippen LogP contribution in [0.2, 0.25) is 5.02 Å². The van der Waals surface area contributed by atoms with E-state index >= 15 is 0 Å². The second-order valence-corrected chi connectivity index (χ2v) is 4.41. The van der Waals surface area contributed by atoms with E-state index in [4.69, 9.17) is 17.3 Å². The highest BCUT2D eigenvalue weighted by Crippen LogP contribution is 2.33. The molecule has 1 aromatic carbocycles. The fourth-order valence-corrected chi connectivity index (χ4v) is 2.58. The van der Waals surface area contributed by atoms with Gasteiger partial charge in [-0.25, -0.2) is 4.37 Å². The third-order valence-corrected chi connectivity index (χ3v) is 3.38. The Kier molecular flexibility index (Phi) is 3.36. The summed E-state index contributed by atoms with van der Waals surface area (Å²) in [6, 6.07) is 7.81. The molecule has 0 saturated heterocycles. The average Bonchev–Trinajstić information content (AvgIpc) is 2.67. The zero-order valence-electron chi connectivity index (χ0n) is 8.11. The minimum Gasteiger partial charge on any atom is -0.330 e. The van der Waals surface area contributed by atoms with Crippen LogP contribution >= 0.6 is 23.1 Å². The molecule has 2 nitrogen and oxygen atoms in total. The molecular weight excluding hydrogens is 228 g/mol. The van der Waals surface area contributed by atoms with Crippen LogP contribution in [0.4, 0.5) is 0 Å². The molecule has 0 saturated carbocycles. The van der Waals surface area contributed by atoms with Crippen LogP contribution in [-0.2, 0) is 6.42 Å². The number of nitrogens with zero attached hydrogens (tertiary/aromatic N) is 1. The van der Waals surface area contributed by atoms with Gasteiger partial charge in [-0.1, -0.05) is 29.8 Å². The van der Waals surface area contributed by atoms with Gasteiger partial charge in [0.1, 0.15) is 0 Å². The van der Waals surface area contributed by atoms with Crippen molar-refractivity contribution in [2.75, 3.05) is 6.54 Å². The minimum atomic E-state index is 0.635. The van der Waals surface area contributed by atoms with Crippen LogP contribution in [0.3, 0.4) is 0 Å². The van der Waals surface area contributed by atoms with Gasteiger partial charge in [-0.2, -0.15) is 0 Å². The van der Waals surface area contributed by atoms with Crippen LogP contribution < -0.4 is 5.73 Å². The number of benzene rings is 1. The first-order valence-electron chi connectivity index (χ1n) is 4.71. The lowest BCUT2D eigenvalue weighted by Crippen LogP contribution is -2.02. The topological polar surface area (TPSA) is 38.9 Å². The Morgan fingerprint density at radius 3 is 2.87 bits per heavy atom. The Morgan fingerprint density at radius 1 is 1.33 bits per heavy atom. The van der Waals surface area contributed by atoms with E-state index in [1.807, 2.05) is 30.5 Å². The van der Waals surface area contributed by atoms with E-state index in [2.05, 4.69) is 4.37 Å². The summed E-state index contributed by atoms with van der Waals surface area (Å²) in [6.07, 6.45) is 2.72. The van der Waals surface area contributed by atoms with Crippen molar-refractivity contribution in [3.05, 3.63) is 41.0 Å². The highest BCUT2D eigenvalue weighted by Gasteiger charge is 2.10. The molecule has 4 heteroatoms. The first kappa shape index (κ1) is 10.6. The summed E-state index contributed by atoms with van der Waals surface area (Å²) >= 11 is 7.60. The smallest absolute Gasteiger partial charge is 0.0597 e. The normalized spacial score (nSPS) is 10.5. The molecule has 2 aromatic rings. The molecule has 15 heavy (non-hydrogen) atoms. The molecule has 0 aliphatic rings. The van der Waals surface area contributed by atoms with Crippen molar-refractivity contribution in [3.8, 4) is 10.4 Å². The third kappa shape index (κ3) is 2.20. The van der Waals surface area contributed by atoms with E-state index in [1.165, 1.54) is 17.1 Å². The Labute approximate surface area is 97.9 Å². The maximum absolute atomic E-state index is 6.14. The van der Waals surface area contributed by atoms with Gasteiger partial charge in [0.2, 0.25) is 0 Å². The van der Waals surface area contributed by atoms with Crippen LogP contribution in [0, 0.1) is 0 Å². The monoisotopic (exact) mass is 238 g/mol. The van der Waals surface area contributed by atoms with E-state index in [0.717, 1.165) is 21.9 Å². The third-order valence-electron chi connectivity index (χ3n) is 2.18. The van der Waals surface area contributed by atoms with Crippen molar-refractivity contribution in [2.45, 2.75) is 6.42 Å². The molecule has 1 heterocycles. The van der Waals surface area contributed by atoms with Crippen LogP contribution in [0.1, 0.15) is 5.56 Å². The Hall–Kier alpha value is -0.900. The van der Waals surface area contributed by atoms with Gasteiger partial charge < -0.3 is 5.73 Å². The Balaban J connectivity index is 2.45. The molecule has 0 aliphatic heterocycles. The molecular formula is C11H11ClN2S. The number of hydrogen-bond acceptors (Lipinski definition) is 3. The predicted molar refractivity (Wildman–Crippen MR) is 65.3 cm³/mol. The molecule has 0 radical (unpaired) electrons. The molecule has 2 rings (SSSR count). The van der Waals surface area contributed by atoms with Crippen molar-refractivity contribution < 1.29 is 0 Å². The fraction of sp³-hybridized carbons (Fsp3) is 0.182. The Morgan fingerprint density at radius 2 is 2.13 bits per heavy atom. The van der Waals surface area contributed by atoms with E-state index < -0.39 is 0 Å². The summed E-state index contributed by atoms with van der Waals surface area (Å²) in [6.45, 7) is 0.635. The number of halogens is 1. The number of rotatable bonds is 3. The SMILES string of the molecule is NCCc1cnsc1-c1ccccc1Cl. The quantitative estimate of drug-likeness (QED) is 0.893. The molecule has 0 unspecified atom stereocenters. The molecule has 78 valence electrons. The van der Waals surface area contributed by atoms with E-state index in [9.17, 15) is 0 Å². The van der Waals surface area contributed by atoms with Gasteiger partial charge in [-0.3, -0.25) is 0 Å². The van der Waals surface area contributed by atoms with E-state index in [1.54, 1.807) is 0 Å². The van der Waals surface area contributed by atoms with Crippen molar-refractivity contribution in [1.29, 1.82) is 0 Å². The second-order valence-electron chi connectivity index (χ2n) is 3.20. The highest BCUT2D eigenvalue weighted by atomic mass is 35.5. The summed E-state index contributed by atoms with van der Waals surface area (Å²) in [5.74, 6) is 0. The largest absolute Gasteiger partial charge is 0.330 e. The standard InChI is InChI=1S/C11H11ClN2S/c12-10-4-2-1-3-9(10)11-8(5-6-13)7-14-15-11/h1-4,7H,5-6,13H2. The van der Waals surface area contributed by atoms with Crippen LogP contribution in [0.5, 0.6) is 0 Å². The van der Waals surface area contributed by atoms with Gasteiger partial charge in [0.05, 0.1) is 4.88 Å². The van der Waals surface area contributed by atoms with Gasteiger partial charge in [0.25, 0.3) is 0 Å². The number of aromatic nitrogens is 1. The molecule has 0 fully saturated rings. The lowest BCUT2D eigenvalue weighted by atomic mass is 10.1. The zero-order chi connectivity index (χ0) is 10.7. The summed E-state index contributed by atoms with van der Waals surface area (Å²) in [4.78, 5) is 1.13. The van der Waals surface area contributed by atoms with Crippen LogP contribution in [-0.4, -0.2) is 10.9 Å². The second kappa shape index (κ2) is 4.75. The van der Waals surface area contributed by atoms with Gasteiger partial charge in [0, 0.05) is 16.8 Å². The highest BCUT2D eigenvalue weighted by molar-refractivity contribution is 7.09. The molecule has 2 N–H and O–H groups in total. The lowest BCUT2D eigenvalue weighted by Gasteiger charge is -2.03. The van der Waals surface area contributed by atoms with Crippen LogP contribution in [0.25, 0.3) is 10.4 Å². The van der Waals surface area contributed by atoms with E-state index in [-0.39, 0.29) is 0 Å². The van der Waals surface area contributed by atoms with E-state index in [0.29, 0.717) is 6.54 Å². The first-order chi connectivity index (χ1) is 7.33. The fourth-order valence-electron chi connectivity index (χ4n) is 1.46.